The van der Waals surface area contributed by atoms with Gasteiger partial charge in [0.15, 0.2) is 21.1 Å². The van der Waals surface area contributed by atoms with E-state index in [1.165, 1.54) is 17.4 Å². The number of benzene rings is 3. The van der Waals surface area contributed by atoms with Crippen molar-refractivity contribution in [3.05, 3.63) is 126 Å². The maximum absolute atomic E-state index is 11.9. The number of nitrogens with zero attached hydrogens (tertiary/aromatic N) is 8. The number of β-amino-alcohol motifs (C(OH)–C–C–N with tert-alkyl or cyclic N) is 2. The average molecular weight is 850 g/mol. The van der Waals surface area contributed by atoms with Crippen molar-refractivity contribution in [3.63, 3.8) is 0 Å². The minimum absolute atomic E-state index is 0.142. The Morgan fingerprint density at radius 2 is 1.19 bits per heavy atom. The van der Waals surface area contributed by atoms with Crippen LogP contribution >= 0.6 is 15.9 Å². The highest BCUT2D eigenvalue weighted by Crippen LogP contribution is 2.28. The van der Waals surface area contributed by atoms with Crippen molar-refractivity contribution in [2.24, 2.45) is 0 Å². The van der Waals surface area contributed by atoms with Gasteiger partial charge in [0.2, 0.25) is 0 Å². The second kappa shape index (κ2) is 16.9. The molecule has 57 heavy (non-hydrogen) atoms. The number of fused-ring (bicyclic) bond motifs is 2. The number of aromatic nitrogens is 6. The summed E-state index contributed by atoms with van der Waals surface area (Å²) >= 11 is 3.44. The van der Waals surface area contributed by atoms with Crippen LogP contribution in [0.5, 0.6) is 0 Å². The molecule has 294 valence electrons. The molecule has 2 saturated heterocycles. The molecule has 2 unspecified atom stereocenters. The Hall–Kier alpha value is -4.83. The molecular formula is C43H45BrN8O4S. The van der Waals surface area contributed by atoms with Gasteiger partial charge in [-0.15, -0.1) is 0 Å². The van der Waals surface area contributed by atoms with Gasteiger partial charge in [0.25, 0.3) is 0 Å². The monoisotopic (exact) mass is 848 g/mol. The van der Waals surface area contributed by atoms with E-state index in [4.69, 9.17) is 0 Å². The maximum Gasteiger partial charge on any atom is 0.175 e. The summed E-state index contributed by atoms with van der Waals surface area (Å²) in [5.74, 6) is 0. The lowest BCUT2D eigenvalue weighted by Gasteiger charge is -2.14. The van der Waals surface area contributed by atoms with Crippen molar-refractivity contribution in [2.75, 3.05) is 45.5 Å². The van der Waals surface area contributed by atoms with Crippen molar-refractivity contribution < 1.29 is 18.6 Å². The molecule has 0 amide bonds. The third kappa shape index (κ3) is 9.33. The predicted octanol–water partition coefficient (Wildman–Crippen LogP) is 5.84. The highest BCUT2D eigenvalue weighted by Gasteiger charge is 2.20. The second-order valence-electron chi connectivity index (χ2n) is 15.0. The first-order chi connectivity index (χ1) is 27.6. The Labute approximate surface area is 340 Å². The van der Waals surface area contributed by atoms with Gasteiger partial charge in [-0.1, -0.05) is 60.7 Å². The van der Waals surface area contributed by atoms with Gasteiger partial charge in [-0.3, -0.25) is 0 Å². The van der Waals surface area contributed by atoms with Gasteiger partial charge in [0.1, 0.15) is 0 Å². The Morgan fingerprint density at radius 3 is 1.72 bits per heavy atom. The summed E-state index contributed by atoms with van der Waals surface area (Å²) in [6.07, 6.45) is 15.7. The first kappa shape index (κ1) is 39.0. The van der Waals surface area contributed by atoms with Crippen LogP contribution in [0, 0.1) is 0 Å². The van der Waals surface area contributed by atoms with Gasteiger partial charge in [0.05, 0.1) is 34.0 Å². The summed E-state index contributed by atoms with van der Waals surface area (Å²) in [5, 5.41) is 28.0. The fourth-order valence-electron chi connectivity index (χ4n) is 7.45. The minimum atomic E-state index is -3.29. The number of likely N-dealkylation sites (tertiary alicyclic amines) is 2. The molecule has 7 aromatic rings. The molecule has 3 aromatic carbocycles. The van der Waals surface area contributed by atoms with Crippen molar-refractivity contribution in [3.8, 4) is 33.4 Å². The molecule has 2 aliphatic rings. The third-order valence-electron chi connectivity index (χ3n) is 10.7. The number of hydrogen-bond donors (Lipinski definition) is 2. The summed E-state index contributed by atoms with van der Waals surface area (Å²) in [6.45, 7) is 5.52. The molecule has 0 spiro atoms. The van der Waals surface area contributed by atoms with Crippen LogP contribution in [0.15, 0.2) is 119 Å². The van der Waals surface area contributed by atoms with Gasteiger partial charge in [-0.05, 0) is 81.6 Å². The highest BCUT2D eigenvalue weighted by molar-refractivity contribution is 9.10. The predicted molar refractivity (Wildman–Crippen MR) is 225 cm³/mol. The third-order valence-corrected chi connectivity index (χ3v) is 12.4. The zero-order chi connectivity index (χ0) is 39.5. The minimum Gasteiger partial charge on any atom is -0.392 e. The molecule has 0 aliphatic carbocycles. The van der Waals surface area contributed by atoms with Crippen LogP contribution in [-0.4, -0.2) is 115 Å². The summed E-state index contributed by atoms with van der Waals surface area (Å²) in [4.78, 5) is 14.0. The number of aliphatic hydroxyl groups excluding tert-OH is 2. The molecule has 2 N–H and O–H groups in total. The second-order valence-corrected chi connectivity index (χ2v) is 17.8. The van der Waals surface area contributed by atoms with Gasteiger partial charge in [-0.2, -0.15) is 10.2 Å². The van der Waals surface area contributed by atoms with E-state index in [1.807, 2.05) is 30.9 Å². The molecule has 0 radical (unpaired) electrons. The van der Waals surface area contributed by atoms with Crippen LogP contribution in [0.2, 0.25) is 0 Å². The van der Waals surface area contributed by atoms with Gasteiger partial charge in [-0.25, -0.2) is 27.4 Å². The lowest BCUT2D eigenvalue weighted by Crippen LogP contribution is -2.24. The lowest BCUT2D eigenvalue weighted by atomic mass is 10.0. The van der Waals surface area contributed by atoms with Crippen LogP contribution < -0.4 is 0 Å². The fourth-order valence-corrected chi connectivity index (χ4v) is 8.49. The molecule has 9 rings (SSSR count). The maximum atomic E-state index is 11.9. The lowest BCUT2D eigenvalue weighted by molar-refractivity contribution is 0.176. The Kier molecular flexibility index (Phi) is 11.6. The molecule has 2 aliphatic heterocycles. The largest absolute Gasteiger partial charge is 0.392 e. The standard InChI is InChI=1S/C25H26N4O3S.C18H19BrN4O/c1-33(31,32)23-4-2-3-20(13-23)24-15-27-29-16-21(14-26-25(24)29)19-7-5-18(6-8-19)9-11-28-12-10-22(30)17-28;19-17-10-21-23-11-15(9-20-18(17)23)14-3-1-13(2-4-14)5-7-22-8-6-16(24)12-22/h2-8,13-16,22,30H,9-12,17H2,1H3;1-4,9-11,16,24H,5-8,12H2. The SMILES string of the molecule is CS(=O)(=O)c1cccc(-c2cnn3cc(-c4ccc(CCN5CCC(O)C5)cc4)cnc23)c1.OC1CCN(CCc2ccc(-c3cnc4c(Br)cnn4c3)cc2)C1. The van der Waals surface area contributed by atoms with Crippen LogP contribution in [0.3, 0.4) is 0 Å². The molecule has 2 fully saturated rings. The van der Waals surface area contributed by atoms with Crippen molar-refractivity contribution in [2.45, 2.75) is 42.8 Å². The van der Waals surface area contributed by atoms with E-state index in [0.717, 1.165) is 108 Å². The molecule has 0 saturated carbocycles. The van der Waals surface area contributed by atoms with Gasteiger partial charge in [0, 0.05) is 87.0 Å². The van der Waals surface area contributed by atoms with E-state index in [0.29, 0.717) is 5.65 Å². The van der Waals surface area contributed by atoms with Crippen LogP contribution in [-0.2, 0) is 22.7 Å². The smallest absolute Gasteiger partial charge is 0.175 e. The van der Waals surface area contributed by atoms with Crippen molar-refractivity contribution in [1.29, 1.82) is 0 Å². The summed E-state index contributed by atoms with van der Waals surface area (Å²) < 4.78 is 28.2. The first-order valence-corrected chi connectivity index (χ1v) is 21.9. The first-order valence-electron chi connectivity index (χ1n) is 19.2. The molecule has 12 nitrogen and oxygen atoms in total. The molecule has 4 aromatic heterocycles. The number of hydrogen-bond acceptors (Lipinski definition) is 10. The summed E-state index contributed by atoms with van der Waals surface area (Å²) in [7, 11) is -3.29. The van der Waals surface area contributed by atoms with E-state index in [1.54, 1.807) is 39.6 Å². The molecule has 2 atom stereocenters. The highest BCUT2D eigenvalue weighted by atomic mass is 79.9. The number of halogens is 1. The molecule has 6 heterocycles. The van der Waals surface area contributed by atoms with Crippen LogP contribution in [0.1, 0.15) is 24.0 Å². The number of aliphatic hydroxyl groups is 2. The van der Waals surface area contributed by atoms with E-state index in [9.17, 15) is 18.6 Å². The van der Waals surface area contributed by atoms with E-state index in [-0.39, 0.29) is 17.1 Å². The molecule has 0 bridgehead atoms. The number of rotatable bonds is 10. The van der Waals surface area contributed by atoms with Gasteiger partial charge >= 0.3 is 0 Å². The van der Waals surface area contributed by atoms with Crippen LogP contribution in [0.25, 0.3) is 44.7 Å². The normalized spacial score (nSPS) is 17.7. The molecule has 14 heteroatoms. The molecular weight excluding hydrogens is 804 g/mol. The topological polar surface area (TPSA) is 141 Å². The van der Waals surface area contributed by atoms with E-state index < -0.39 is 9.84 Å². The average Bonchev–Trinajstić information content (AvgIpc) is 4.04. The zero-order valence-electron chi connectivity index (χ0n) is 31.7. The summed E-state index contributed by atoms with van der Waals surface area (Å²) in [5.41, 5.74) is 9.83. The zero-order valence-corrected chi connectivity index (χ0v) is 34.1. The number of sulfone groups is 1. The Bertz CT molecular complexity index is 2590. The quantitative estimate of drug-likeness (QED) is 0.173. The fraction of sp³-hybridized carbons (Fsp3) is 0.302. The van der Waals surface area contributed by atoms with Gasteiger partial charge < -0.3 is 20.0 Å². The summed E-state index contributed by atoms with van der Waals surface area (Å²) in [6, 6.07) is 23.9. The van der Waals surface area contributed by atoms with Crippen molar-refractivity contribution >= 4 is 37.1 Å². The van der Waals surface area contributed by atoms with E-state index >= 15 is 0 Å². The Balaban J connectivity index is 0.000000168. The van der Waals surface area contributed by atoms with Crippen molar-refractivity contribution in [1.82, 2.24) is 39.0 Å². The van der Waals surface area contributed by atoms with E-state index in [2.05, 4.69) is 94.4 Å². The van der Waals surface area contributed by atoms with Crippen LogP contribution in [0.4, 0.5) is 0 Å². The Morgan fingerprint density at radius 1 is 0.667 bits per heavy atom.